The maximum Gasteiger partial charge on any atom is 0.230 e. The highest BCUT2D eigenvalue weighted by Crippen LogP contribution is 2.14. The molecule has 1 rings (SSSR count). The van der Waals surface area contributed by atoms with Gasteiger partial charge in [0.15, 0.2) is 0 Å². The van der Waals surface area contributed by atoms with Gasteiger partial charge >= 0.3 is 0 Å². The van der Waals surface area contributed by atoms with Crippen molar-refractivity contribution in [2.24, 2.45) is 5.92 Å². The molecule has 0 radical (unpaired) electrons. The number of nitrogens with zero attached hydrogens (tertiary/aromatic N) is 1. The van der Waals surface area contributed by atoms with Crippen LogP contribution >= 0.6 is 0 Å². The largest absolute Gasteiger partial charge is 0.381 e. The molecule has 1 aliphatic rings. The summed E-state index contributed by atoms with van der Waals surface area (Å²) in [7, 11) is 0. The van der Waals surface area contributed by atoms with E-state index in [0.717, 1.165) is 26.2 Å². The van der Waals surface area contributed by atoms with Crippen molar-refractivity contribution in [1.29, 1.82) is 0 Å². The third kappa shape index (κ3) is 4.00. The molecule has 4 heteroatoms. The van der Waals surface area contributed by atoms with Crippen LogP contribution < -0.4 is 0 Å². The van der Waals surface area contributed by atoms with Gasteiger partial charge in [0, 0.05) is 25.6 Å². The first-order valence-electron chi connectivity index (χ1n) is 5.48. The molecule has 0 aliphatic carbocycles. The summed E-state index contributed by atoms with van der Waals surface area (Å²) >= 11 is 0. The lowest BCUT2D eigenvalue weighted by molar-refractivity contribution is -0.135. The number of carbonyl (C=O) groups is 2. The third-order valence-corrected chi connectivity index (χ3v) is 2.64. The number of amides is 1. The van der Waals surface area contributed by atoms with Crippen LogP contribution in [0.3, 0.4) is 0 Å². The minimum atomic E-state index is -0.0684. The molecule has 4 nitrogen and oxygen atoms in total. The minimum Gasteiger partial charge on any atom is -0.381 e. The molecule has 0 aromatic carbocycles. The fourth-order valence-electron chi connectivity index (χ4n) is 1.77. The Morgan fingerprint density at radius 3 is 2.67 bits per heavy atom. The maximum atomic E-state index is 11.6. The van der Waals surface area contributed by atoms with Crippen LogP contribution in [0.5, 0.6) is 0 Å². The van der Waals surface area contributed by atoms with E-state index >= 15 is 0 Å². The standard InChI is InChI=1S/C11H19NO3/c1-3-12(11(14)6-9(2)13)7-10-4-5-15-8-10/h10H,3-8H2,1-2H3. The Balaban J connectivity index is 2.39. The summed E-state index contributed by atoms with van der Waals surface area (Å²) < 4.78 is 5.26. The van der Waals surface area contributed by atoms with Gasteiger partial charge in [0.2, 0.25) is 5.91 Å². The van der Waals surface area contributed by atoms with Gasteiger partial charge < -0.3 is 9.64 Å². The molecule has 1 aliphatic heterocycles. The van der Waals surface area contributed by atoms with Gasteiger partial charge in [0.05, 0.1) is 13.0 Å². The number of ether oxygens (including phenoxy) is 1. The topological polar surface area (TPSA) is 46.6 Å². The van der Waals surface area contributed by atoms with Gasteiger partial charge in [-0.25, -0.2) is 0 Å². The van der Waals surface area contributed by atoms with Crippen molar-refractivity contribution in [2.45, 2.75) is 26.7 Å². The Morgan fingerprint density at radius 2 is 2.20 bits per heavy atom. The van der Waals surface area contributed by atoms with E-state index in [0.29, 0.717) is 12.5 Å². The van der Waals surface area contributed by atoms with E-state index in [2.05, 4.69) is 0 Å². The quantitative estimate of drug-likeness (QED) is 0.636. The summed E-state index contributed by atoms with van der Waals surface area (Å²) in [5, 5.41) is 0. The first-order valence-corrected chi connectivity index (χ1v) is 5.48. The second-order valence-electron chi connectivity index (χ2n) is 4.04. The molecule has 1 unspecified atom stereocenters. The number of carbonyl (C=O) groups excluding carboxylic acids is 2. The molecule has 1 fully saturated rings. The zero-order valence-corrected chi connectivity index (χ0v) is 9.49. The summed E-state index contributed by atoms with van der Waals surface area (Å²) in [6.07, 6.45) is 1.05. The Hall–Kier alpha value is -0.900. The van der Waals surface area contributed by atoms with Crippen LogP contribution in [-0.4, -0.2) is 42.9 Å². The number of ketones is 1. The fourth-order valence-corrected chi connectivity index (χ4v) is 1.77. The van der Waals surface area contributed by atoms with Crippen molar-refractivity contribution in [2.75, 3.05) is 26.3 Å². The van der Waals surface area contributed by atoms with Crippen LogP contribution in [0.2, 0.25) is 0 Å². The van der Waals surface area contributed by atoms with Crippen LogP contribution in [0.15, 0.2) is 0 Å². The summed E-state index contributed by atoms with van der Waals surface area (Å²) in [4.78, 5) is 24.2. The molecular weight excluding hydrogens is 194 g/mol. The van der Waals surface area contributed by atoms with Crippen molar-refractivity contribution in [3.05, 3.63) is 0 Å². The van der Waals surface area contributed by atoms with Crippen molar-refractivity contribution < 1.29 is 14.3 Å². The van der Waals surface area contributed by atoms with Crippen LogP contribution in [0.1, 0.15) is 26.7 Å². The highest BCUT2D eigenvalue weighted by atomic mass is 16.5. The van der Waals surface area contributed by atoms with Crippen LogP contribution in [0.4, 0.5) is 0 Å². The van der Waals surface area contributed by atoms with Gasteiger partial charge in [-0.3, -0.25) is 9.59 Å². The lowest BCUT2D eigenvalue weighted by Crippen LogP contribution is -2.36. The van der Waals surface area contributed by atoms with Crippen molar-refractivity contribution in [1.82, 2.24) is 4.90 Å². The Kier molecular flexibility index (Phi) is 4.75. The van der Waals surface area contributed by atoms with E-state index in [4.69, 9.17) is 4.74 Å². The average molecular weight is 213 g/mol. The van der Waals surface area contributed by atoms with Gasteiger partial charge in [-0.2, -0.15) is 0 Å². The van der Waals surface area contributed by atoms with Gasteiger partial charge in [-0.1, -0.05) is 0 Å². The first-order chi connectivity index (χ1) is 7.13. The molecule has 0 saturated carbocycles. The van der Waals surface area contributed by atoms with Gasteiger partial charge in [-0.15, -0.1) is 0 Å². The van der Waals surface area contributed by atoms with E-state index in [9.17, 15) is 9.59 Å². The molecule has 0 aromatic rings. The molecule has 1 saturated heterocycles. The van der Waals surface area contributed by atoms with E-state index in [-0.39, 0.29) is 18.1 Å². The molecule has 1 amide bonds. The van der Waals surface area contributed by atoms with Crippen molar-refractivity contribution in [3.63, 3.8) is 0 Å². The van der Waals surface area contributed by atoms with Crippen LogP contribution in [0, 0.1) is 5.92 Å². The lowest BCUT2D eigenvalue weighted by atomic mass is 10.1. The number of rotatable bonds is 5. The SMILES string of the molecule is CCN(CC1CCOC1)C(=O)CC(C)=O. The van der Waals surface area contributed by atoms with Crippen LogP contribution in [-0.2, 0) is 14.3 Å². The number of hydrogen-bond acceptors (Lipinski definition) is 3. The average Bonchev–Trinajstić information content (AvgIpc) is 2.65. The zero-order chi connectivity index (χ0) is 11.3. The summed E-state index contributed by atoms with van der Waals surface area (Å²) in [6, 6.07) is 0. The van der Waals surface area contributed by atoms with E-state index < -0.39 is 0 Å². The second kappa shape index (κ2) is 5.85. The number of Topliss-reactive ketones (excluding diaryl/α,β-unsaturated/α-hetero) is 1. The van der Waals surface area contributed by atoms with Gasteiger partial charge in [-0.05, 0) is 20.3 Å². The predicted octanol–water partition coefficient (Wildman–Crippen LogP) is 0.851. The molecule has 1 atom stereocenters. The van der Waals surface area contributed by atoms with Crippen molar-refractivity contribution in [3.8, 4) is 0 Å². The number of hydrogen-bond donors (Lipinski definition) is 0. The van der Waals surface area contributed by atoms with Crippen LogP contribution in [0.25, 0.3) is 0 Å². The monoisotopic (exact) mass is 213 g/mol. The molecule has 15 heavy (non-hydrogen) atoms. The highest BCUT2D eigenvalue weighted by Gasteiger charge is 2.21. The minimum absolute atomic E-state index is 0.0292. The Bertz CT molecular complexity index is 234. The van der Waals surface area contributed by atoms with E-state index in [1.807, 2.05) is 6.92 Å². The molecule has 86 valence electrons. The summed E-state index contributed by atoms with van der Waals surface area (Å²) in [5.41, 5.74) is 0. The Morgan fingerprint density at radius 1 is 1.47 bits per heavy atom. The molecular formula is C11H19NO3. The molecule has 1 heterocycles. The van der Waals surface area contributed by atoms with Gasteiger partial charge in [0.25, 0.3) is 0 Å². The Labute approximate surface area is 90.6 Å². The summed E-state index contributed by atoms with van der Waals surface area (Å²) in [5.74, 6) is 0.318. The normalized spacial score (nSPS) is 20.3. The summed E-state index contributed by atoms with van der Waals surface area (Å²) in [6.45, 7) is 6.32. The van der Waals surface area contributed by atoms with Crippen molar-refractivity contribution >= 4 is 11.7 Å². The fraction of sp³-hybridized carbons (Fsp3) is 0.818. The zero-order valence-electron chi connectivity index (χ0n) is 9.49. The first kappa shape index (κ1) is 12.2. The predicted molar refractivity (Wildman–Crippen MR) is 56.5 cm³/mol. The third-order valence-electron chi connectivity index (χ3n) is 2.64. The highest BCUT2D eigenvalue weighted by molar-refractivity contribution is 5.96. The molecule has 0 bridgehead atoms. The maximum absolute atomic E-state index is 11.6. The second-order valence-corrected chi connectivity index (χ2v) is 4.04. The molecule has 0 N–H and O–H groups in total. The van der Waals surface area contributed by atoms with E-state index in [1.54, 1.807) is 4.90 Å². The smallest absolute Gasteiger partial charge is 0.230 e. The molecule has 0 spiro atoms. The van der Waals surface area contributed by atoms with E-state index in [1.165, 1.54) is 6.92 Å². The lowest BCUT2D eigenvalue weighted by Gasteiger charge is -2.23. The molecule has 0 aromatic heterocycles. The van der Waals surface area contributed by atoms with Gasteiger partial charge in [0.1, 0.15) is 5.78 Å².